The van der Waals surface area contributed by atoms with Gasteiger partial charge in [0.05, 0.1) is 87.5 Å². The van der Waals surface area contributed by atoms with Crippen LogP contribution < -0.4 is 50.0 Å². The van der Waals surface area contributed by atoms with E-state index in [1.807, 2.05) is 0 Å². The van der Waals surface area contributed by atoms with Crippen LogP contribution in [0.15, 0.2) is 127 Å². The molecule has 36 heteroatoms. The second-order valence-electron chi connectivity index (χ2n) is 27.6. The molecule has 6 aromatic carbocycles. The molecule has 27 nitrogen and oxygen atoms in total. The van der Waals surface area contributed by atoms with Gasteiger partial charge in [-0.05, 0) is 107 Å². The van der Waals surface area contributed by atoms with Crippen molar-refractivity contribution >= 4 is 86.5 Å². The first kappa shape index (κ1) is 86.6. The van der Waals surface area contributed by atoms with Crippen molar-refractivity contribution in [3.63, 3.8) is 0 Å². The number of carbonyl (C=O) groups is 6. The molecule has 6 aliphatic heterocycles. The van der Waals surface area contributed by atoms with Crippen molar-refractivity contribution in [2.45, 2.75) is 67.7 Å². The van der Waals surface area contributed by atoms with Gasteiger partial charge in [0.2, 0.25) is 17.7 Å². The molecule has 6 aromatic rings. The van der Waals surface area contributed by atoms with Crippen LogP contribution in [0, 0.1) is 0 Å². The molecular weight excluding hydrogens is 1540 g/mol. The molecule has 0 aliphatic carbocycles. The number of hydrogen-bond donors (Lipinski definition) is 7. The second-order valence-corrected chi connectivity index (χ2v) is 27.6. The molecule has 0 spiro atoms. The highest BCUT2D eigenvalue weighted by atomic mass is 19.4. The minimum Gasteiger partial charge on any atom is -0.482 e. The Morgan fingerprint density at radius 1 is 0.470 bits per heavy atom. The molecule has 0 saturated carbocycles. The first-order chi connectivity index (χ1) is 54.7. The Labute approximate surface area is 654 Å². The van der Waals surface area contributed by atoms with Gasteiger partial charge in [-0.3, -0.25) is 24.1 Å². The fraction of sp³-hybridized carbons (Fsp3) is 0.392. The third kappa shape index (κ3) is 20.8. The van der Waals surface area contributed by atoms with Crippen molar-refractivity contribution in [3.05, 3.63) is 172 Å². The van der Waals surface area contributed by atoms with Crippen molar-refractivity contribution in [3.8, 4) is 23.0 Å². The van der Waals surface area contributed by atoms with Crippen molar-refractivity contribution in [2.75, 3.05) is 166 Å². The number of aliphatic hydroxyl groups is 3. The summed E-state index contributed by atoms with van der Waals surface area (Å²) in [5.41, 5.74) is 0.782. The molecule has 6 aliphatic rings. The summed E-state index contributed by atoms with van der Waals surface area (Å²) in [6, 6.07) is 23.7. The van der Waals surface area contributed by atoms with E-state index in [2.05, 4.69) is 21.3 Å². The van der Waals surface area contributed by atoms with E-state index >= 15 is 0 Å². The molecule has 0 unspecified atom stereocenters. The van der Waals surface area contributed by atoms with Gasteiger partial charge >= 0.3 is 30.6 Å². The number of nitrogens with zero attached hydrogens (tertiary/aromatic N) is 4. The van der Waals surface area contributed by atoms with Crippen molar-refractivity contribution in [1.29, 1.82) is 0 Å². The highest BCUT2D eigenvalue weighted by Crippen LogP contribution is 2.48. The maximum Gasteiger partial charge on any atom is 0.416 e. The predicted octanol–water partition coefficient (Wildman–Crippen LogP) is 11.0. The third-order valence-electron chi connectivity index (χ3n) is 19.0. The van der Waals surface area contributed by atoms with Crippen molar-refractivity contribution in [1.82, 2.24) is 9.80 Å². The fourth-order valence-corrected chi connectivity index (χ4v) is 14.1. The van der Waals surface area contributed by atoms with Gasteiger partial charge in [0.25, 0.3) is 5.91 Å². The van der Waals surface area contributed by atoms with E-state index in [1.165, 1.54) is 98.7 Å². The zero-order valence-corrected chi connectivity index (χ0v) is 63.4. The van der Waals surface area contributed by atoms with Crippen molar-refractivity contribution < 1.29 is 131 Å². The number of halogens is 9. The lowest BCUT2D eigenvalue weighted by atomic mass is 9.86. The molecule has 8 amide bonds. The number of alkyl halides is 9. The Morgan fingerprint density at radius 3 is 1.23 bits per heavy atom. The van der Waals surface area contributed by atoms with Gasteiger partial charge < -0.3 is 98.7 Å². The molecule has 618 valence electrons. The van der Waals surface area contributed by atoms with Gasteiger partial charge in [0, 0.05) is 159 Å². The Hall–Kier alpha value is -10.8. The van der Waals surface area contributed by atoms with Crippen LogP contribution in [0.5, 0.6) is 23.0 Å². The summed E-state index contributed by atoms with van der Waals surface area (Å²) in [6.45, 7) is 0.488. The van der Waals surface area contributed by atoms with Gasteiger partial charge in [0.1, 0.15) is 23.0 Å². The van der Waals surface area contributed by atoms with Gasteiger partial charge in [-0.2, -0.15) is 39.5 Å². The van der Waals surface area contributed by atoms with E-state index in [0.717, 1.165) is 47.5 Å². The highest BCUT2D eigenvalue weighted by Gasteiger charge is 2.45. The Bertz CT molecular complexity index is 4670. The summed E-state index contributed by atoms with van der Waals surface area (Å²) >= 11 is 0. The Balaban J connectivity index is 0.000000182. The molecule has 0 atom stereocenters. The Morgan fingerprint density at radius 2 is 0.835 bits per heavy atom. The number of anilines is 6. The summed E-state index contributed by atoms with van der Waals surface area (Å²) in [6.07, 6.45) is -9.34. The number of methoxy groups -OCH3 is 6. The number of β-amino-alcohol motifs (C(OH)–C–C–N with tert-alkyl or cyclic N) is 3. The van der Waals surface area contributed by atoms with Crippen LogP contribution >= 0.6 is 0 Å². The van der Waals surface area contributed by atoms with E-state index in [9.17, 15) is 78.5 Å². The van der Waals surface area contributed by atoms with E-state index in [1.54, 1.807) is 61.6 Å². The predicted molar refractivity (Wildman–Crippen MR) is 401 cm³/mol. The normalized spacial score (nSPS) is 17.4. The Kier molecular flexibility index (Phi) is 27.7. The smallest absolute Gasteiger partial charge is 0.416 e. The molecule has 0 radical (unpaired) electrons. The van der Waals surface area contributed by atoms with Crippen LogP contribution in [0.25, 0.3) is 16.7 Å². The fourth-order valence-electron chi connectivity index (χ4n) is 14.1. The van der Waals surface area contributed by atoms with E-state index < -0.39 is 69.7 Å². The highest BCUT2D eigenvalue weighted by molar-refractivity contribution is 6.08. The number of hydrogen-bond acceptors (Lipinski definition) is 19. The number of rotatable bonds is 24. The lowest BCUT2D eigenvalue weighted by Gasteiger charge is -2.39. The number of ether oxygens (including phenoxy) is 10. The third-order valence-corrected chi connectivity index (χ3v) is 19.0. The number of nitrogens with one attached hydrogen (secondary N) is 4. The van der Waals surface area contributed by atoms with E-state index in [-0.39, 0.29) is 140 Å². The topological polar surface area (TPSA) is 316 Å². The summed E-state index contributed by atoms with van der Waals surface area (Å²) in [5, 5.41) is 38.6. The summed E-state index contributed by atoms with van der Waals surface area (Å²) in [7, 11) is 10.2. The average molecular weight is 1620 g/mol. The van der Waals surface area contributed by atoms with Crippen LogP contribution in [-0.4, -0.2) is 213 Å². The maximum atomic E-state index is 13.4. The van der Waals surface area contributed by atoms with Gasteiger partial charge in [-0.1, -0.05) is 30.3 Å². The monoisotopic (exact) mass is 1620 g/mol. The molecule has 7 N–H and O–H groups in total. The van der Waals surface area contributed by atoms with Crippen LogP contribution in [0.1, 0.15) is 63.8 Å². The molecule has 115 heavy (non-hydrogen) atoms. The quantitative estimate of drug-likeness (QED) is 0.0219. The zero-order chi connectivity index (χ0) is 83.4. The largest absolute Gasteiger partial charge is 0.482 e. The van der Waals surface area contributed by atoms with E-state index in [0.29, 0.717) is 86.4 Å². The summed E-state index contributed by atoms with van der Waals surface area (Å²) < 4.78 is 176. The zero-order valence-electron chi connectivity index (χ0n) is 63.4. The number of urea groups is 2. The average Bonchev–Trinajstić information content (AvgIpc) is 0.766. The standard InChI is InChI=1S/C27H30F3N3O6.C26H28F3N3O6.C26H27F3N2O7/c1-32-22-12-20(6-4-17(22)14-33(8-9-34)25(32)36)31-24(35)10-18-13-26(15-37-2,16-38-3)39-23-11-19(27(28,29)30)5-7-21(18)23;1-36-14-25(15-37-2)12-17(20-6-4-18(26(27,28)29)10-22(20)38-25)9-23(34)30-19-5-3-16-13-32(7-8-33)24(35)31-21(16)11-19;1-35-14-25(15-36-2)12-16(19-5-3-17(26(27,28)29)10-22(19)38-25)9-23(33)30-18-4-6-21-20(11-18)31(7-8-32)24(34)13-37-21/h4-7,10-12,34H,8-9,13-16H2,1-3H3,(H,31,35);3-6,9-11,33H,7-8,12-15H2,1-2H3,(H,30,34)(H,31,35);3-6,9-11,32H,7-8,12-15H2,1-2H3,(H,30,33)/b18-10+;17-9+;16-9+. The SMILES string of the molecule is COCC1(COC)C/C(=C\C(=O)Nc2ccc3c(c2)N(C)C(=O)N(CCO)C3)c2ccc(C(F)(F)F)cc2O1.COCC1(COC)C/C(=C\C(=O)Nc2ccc3c(c2)N(CCO)C(=O)CO3)c2ccc(C(F)(F)F)cc2O1.COCC1(COC)C/C(=C\C(=O)Nc2ccc3c(c2)NC(=O)N(CCO)C3)c2ccc(C(F)(F)F)cc2O1. The number of fused-ring (bicyclic) bond motifs is 6. The van der Waals surface area contributed by atoms with Gasteiger partial charge in [-0.15, -0.1) is 0 Å². The molecule has 0 saturated heterocycles. The first-order valence-electron chi connectivity index (χ1n) is 35.6. The van der Waals surface area contributed by atoms with E-state index in [4.69, 9.17) is 52.5 Å². The van der Waals surface area contributed by atoms with Gasteiger partial charge in [-0.25, -0.2) is 9.59 Å². The maximum absolute atomic E-state index is 13.4. The molecular formula is C79H85F9N8O19. The van der Waals surface area contributed by atoms with Gasteiger partial charge in [0.15, 0.2) is 23.4 Å². The molecule has 0 aromatic heterocycles. The lowest BCUT2D eigenvalue weighted by molar-refractivity contribution is -0.138. The summed E-state index contributed by atoms with van der Waals surface area (Å²) in [4.78, 5) is 82.0. The number of carbonyl (C=O) groups excluding carboxylic acids is 6. The minimum absolute atomic E-state index is 0.00896. The van der Waals surface area contributed by atoms with Crippen molar-refractivity contribution in [2.24, 2.45) is 0 Å². The molecule has 0 bridgehead atoms. The van der Waals surface area contributed by atoms with Crippen LogP contribution in [0.3, 0.4) is 0 Å². The number of aliphatic hydroxyl groups excluding tert-OH is 3. The van der Waals surface area contributed by atoms with Crippen LogP contribution in [0.4, 0.5) is 83.2 Å². The number of benzene rings is 6. The molecule has 0 fully saturated rings. The first-order valence-corrected chi connectivity index (χ1v) is 35.6. The van der Waals surface area contributed by atoms with Crippen LogP contribution in [0.2, 0.25) is 0 Å². The van der Waals surface area contributed by atoms with Crippen LogP contribution in [-0.2, 0) is 79.2 Å². The molecule has 12 rings (SSSR count). The second kappa shape index (κ2) is 36.8. The summed E-state index contributed by atoms with van der Waals surface area (Å²) in [5.74, 6) is -1.56. The number of amides is 8. The lowest BCUT2D eigenvalue weighted by Crippen LogP contribution is -2.47. The molecule has 6 heterocycles. The minimum atomic E-state index is -4.58.